The van der Waals surface area contributed by atoms with Gasteiger partial charge in [-0.1, -0.05) is 0 Å². The molecule has 2 atom stereocenters. The third-order valence-electron chi connectivity index (χ3n) is 5.84. The van der Waals surface area contributed by atoms with Gasteiger partial charge in [-0.25, -0.2) is 17.6 Å². The zero-order valence-electron chi connectivity index (χ0n) is 15.8. The lowest BCUT2D eigenvalue weighted by molar-refractivity contribution is 0.526. The van der Waals surface area contributed by atoms with Gasteiger partial charge in [-0.15, -0.1) is 0 Å². The molecule has 5 rings (SSSR count). The van der Waals surface area contributed by atoms with E-state index in [0.29, 0.717) is 36.9 Å². The van der Waals surface area contributed by atoms with Crippen LogP contribution >= 0.6 is 11.5 Å². The van der Waals surface area contributed by atoms with Gasteiger partial charge in [-0.3, -0.25) is 18.5 Å². The van der Waals surface area contributed by atoms with Crippen molar-refractivity contribution in [2.45, 2.75) is 31.2 Å². The van der Waals surface area contributed by atoms with Crippen LogP contribution in [0.1, 0.15) is 30.7 Å². The van der Waals surface area contributed by atoms with Crippen molar-refractivity contribution < 1.29 is 17.6 Å². The molecule has 5 nitrogen and oxygen atoms in total. The predicted octanol–water partition coefficient (Wildman–Crippen LogP) is 4.04. The molecular formula is C21H15F4N3O2S. The fourth-order valence-corrected chi connectivity index (χ4v) is 5.31. The monoisotopic (exact) mass is 449 g/mol. The van der Waals surface area contributed by atoms with E-state index in [9.17, 15) is 22.8 Å². The van der Waals surface area contributed by atoms with Crippen molar-refractivity contribution in [1.82, 2.24) is 8.94 Å². The summed E-state index contributed by atoms with van der Waals surface area (Å²) in [5.74, 6) is -4.31. The van der Waals surface area contributed by atoms with Gasteiger partial charge in [0, 0.05) is 17.7 Å². The lowest BCUT2D eigenvalue weighted by atomic mass is 9.94. The standard InChI is InChI=1S/C21H15F4N3O2S/c22-9-2-4-14(12(23)6-9)28-18-11(19(29)16-20(30)27-31-21(16)28)7-13(24)15(17(18)25)8-1-3-10(26)5-8/h2,4,6-8,10H,1,3,5,26H2,(H,27,30). The van der Waals surface area contributed by atoms with Crippen LogP contribution in [0.4, 0.5) is 17.6 Å². The topological polar surface area (TPSA) is 80.9 Å². The number of fused-ring (bicyclic) bond motifs is 2. The number of rotatable bonds is 2. The highest BCUT2D eigenvalue weighted by Crippen LogP contribution is 2.39. The number of hydrogen-bond acceptors (Lipinski definition) is 4. The van der Waals surface area contributed by atoms with Gasteiger partial charge >= 0.3 is 0 Å². The fraction of sp³-hybridized carbons (Fsp3) is 0.238. The SMILES string of the molecule is NC1CCC(c2c(F)cc3c(=O)c4c(=O)[nH]sc4n(-c4ccc(F)cc4F)c3c2F)C1. The summed E-state index contributed by atoms with van der Waals surface area (Å²) in [4.78, 5) is 25.1. The Labute approximate surface area is 175 Å². The molecule has 0 bridgehead atoms. The Balaban J connectivity index is 1.98. The van der Waals surface area contributed by atoms with Crippen molar-refractivity contribution in [2.75, 3.05) is 0 Å². The molecule has 0 radical (unpaired) electrons. The second-order valence-electron chi connectivity index (χ2n) is 7.73. The maximum absolute atomic E-state index is 15.9. The van der Waals surface area contributed by atoms with Crippen LogP contribution < -0.4 is 16.7 Å². The van der Waals surface area contributed by atoms with Crippen LogP contribution in [0.3, 0.4) is 0 Å². The average molecular weight is 449 g/mol. The summed E-state index contributed by atoms with van der Waals surface area (Å²) < 4.78 is 62.5. The molecule has 4 aromatic rings. The molecule has 1 aliphatic carbocycles. The van der Waals surface area contributed by atoms with Crippen molar-refractivity contribution in [2.24, 2.45) is 5.73 Å². The first-order chi connectivity index (χ1) is 14.8. The van der Waals surface area contributed by atoms with Gasteiger partial charge in [0.25, 0.3) is 5.56 Å². The summed E-state index contributed by atoms with van der Waals surface area (Å²) in [5.41, 5.74) is 3.43. The summed E-state index contributed by atoms with van der Waals surface area (Å²) in [6, 6.07) is 3.34. The normalized spacial score (nSPS) is 19.0. The van der Waals surface area contributed by atoms with Crippen LogP contribution in [0.25, 0.3) is 26.8 Å². The number of pyridine rings is 1. The lowest BCUT2D eigenvalue weighted by Gasteiger charge is -2.18. The minimum Gasteiger partial charge on any atom is -0.328 e. The van der Waals surface area contributed by atoms with Crippen LogP contribution in [0.5, 0.6) is 0 Å². The van der Waals surface area contributed by atoms with Crippen molar-refractivity contribution in [3.63, 3.8) is 0 Å². The van der Waals surface area contributed by atoms with Crippen molar-refractivity contribution >= 4 is 32.7 Å². The molecule has 160 valence electrons. The van der Waals surface area contributed by atoms with E-state index in [-0.39, 0.29) is 33.0 Å². The third-order valence-corrected chi connectivity index (χ3v) is 6.71. The zero-order chi connectivity index (χ0) is 22.0. The first-order valence-electron chi connectivity index (χ1n) is 9.56. The molecular weight excluding hydrogens is 434 g/mol. The van der Waals surface area contributed by atoms with E-state index < -0.39 is 45.6 Å². The molecule has 2 aromatic carbocycles. The molecule has 3 N–H and O–H groups in total. The molecule has 0 saturated heterocycles. The number of aromatic nitrogens is 2. The van der Waals surface area contributed by atoms with Crippen molar-refractivity contribution in [3.8, 4) is 5.69 Å². The molecule has 31 heavy (non-hydrogen) atoms. The van der Waals surface area contributed by atoms with E-state index in [1.807, 2.05) is 0 Å². The molecule has 0 amide bonds. The summed E-state index contributed by atoms with van der Waals surface area (Å²) >= 11 is 0.713. The van der Waals surface area contributed by atoms with Gasteiger partial charge in [0.05, 0.1) is 16.6 Å². The van der Waals surface area contributed by atoms with Crippen LogP contribution in [-0.2, 0) is 0 Å². The Hall–Kier alpha value is -2.98. The van der Waals surface area contributed by atoms with E-state index >= 15 is 4.39 Å². The van der Waals surface area contributed by atoms with Gasteiger partial charge in [0.2, 0.25) is 5.43 Å². The van der Waals surface area contributed by atoms with E-state index in [2.05, 4.69) is 4.37 Å². The number of benzene rings is 2. The first kappa shape index (κ1) is 20.0. The second-order valence-corrected chi connectivity index (χ2v) is 8.52. The minimum atomic E-state index is -1.03. The molecule has 2 aromatic heterocycles. The zero-order valence-corrected chi connectivity index (χ0v) is 16.7. The van der Waals surface area contributed by atoms with Gasteiger partial charge in [0.15, 0.2) is 5.82 Å². The third kappa shape index (κ3) is 2.93. The number of nitrogens with one attached hydrogen (secondary N) is 1. The van der Waals surface area contributed by atoms with Gasteiger partial charge in [-0.05, 0) is 54.9 Å². The Bertz CT molecular complexity index is 1490. The van der Waals surface area contributed by atoms with E-state index in [0.717, 1.165) is 22.8 Å². The second kappa shape index (κ2) is 7.03. The van der Waals surface area contributed by atoms with E-state index in [4.69, 9.17) is 5.73 Å². The number of nitrogens with zero attached hydrogens (tertiary/aromatic N) is 1. The van der Waals surface area contributed by atoms with E-state index in [1.54, 1.807) is 0 Å². The van der Waals surface area contributed by atoms with Crippen molar-refractivity contribution in [3.05, 3.63) is 73.7 Å². The lowest BCUT2D eigenvalue weighted by Crippen LogP contribution is -2.18. The molecule has 10 heteroatoms. The quantitative estimate of drug-likeness (QED) is 0.453. The number of aromatic amines is 1. The first-order valence-corrected chi connectivity index (χ1v) is 10.4. The van der Waals surface area contributed by atoms with Crippen LogP contribution in [-0.4, -0.2) is 15.0 Å². The molecule has 1 aliphatic rings. The predicted molar refractivity (Wildman–Crippen MR) is 110 cm³/mol. The van der Waals surface area contributed by atoms with Crippen molar-refractivity contribution in [1.29, 1.82) is 0 Å². The fourth-order valence-electron chi connectivity index (χ4n) is 4.45. The molecule has 0 spiro atoms. The molecule has 1 saturated carbocycles. The smallest absolute Gasteiger partial charge is 0.271 e. The highest BCUT2D eigenvalue weighted by atomic mass is 32.1. The summed E-state index contributed by atoms with van der Waals surface area (Å²) in [5, 5.41) is -0.753. The van der Waals surface area contributed by atoms with Crippen LogP contribution in [0.15, 0.2) is 33.9 Å². The Kier molecular flexibility index (Phi) is 4.52. The van der Waals surface area contributed by atoms with Crippen LogP contribution in [0, 0.1) is 23.3 Å². The van der Waals surface area contributed by atoms with E-state index in [1.165, 1.54) is 0 Å². The molecule has 1 fully saturated rings. The Morgan fingerprint density at radius 1 is 1.06 bits per heavy atom. The number of H-pyrrole nitrogens is 1. The van der Waals surface area contributed by atoms with Gasteiger partial charge in [0.1, 0.15) is 27.7 Å². The summed E-state index contributed by atoms with van der Waals surface area (Å²) in [6.07, 6.45) is 1.43. The maximum Gasteiger partial charge on any atom is 0.271 e. The summed E-state index contributed by atoms with van der Waals surface area (Å²) in [7, 11) is 0. The number of halogens is 4. The molecule has 2 unspecified atom stereocenters. The number of nitrogens with two attached hydrogens (primary N) is 1. The molecule has 2 heterocycles. The Morgan fingerprint density at radius 2 is 1.84 bits per heavy atom. The Morgan fingerprint density at radius 3 is 2.52 bits per heavy atom. The molecule has 0 aliphatic heterocycles. The average Bonchev–Trinajstić information content (AvgIpc) is 3.30. The minimum absolute atomic E-state index is 0.0485. The van der Waals surface area contributed by atoms with Crippen LogP contribution in [0.2, 0.25) is 0 Å². The highest BCUT2D eigenvalue weighted by molar-refractivity contribution is 7.12. The highest BCUT2D eigenvalue weighted by Gasteiger charge is 2.31. The van der Waals surface area contributed by atoms with Gasteiger partial charge < -0.3 is 5.73 Å². The largest absolute Gasteiger partial charge is 0.328 e. The summed E-state index contributed by atoms with van der Waals surface area (Å²) in [6.45, 7) is 0. The van der Waals surface area contributed by atoms with Gasteiger partial charge in [-0.2, -0.15) is 0 Å². The maximum atomic E-state index is 15.9. The number of hydrogen-bond donors (Lipinski definition) is 2.